The lowest BCUT2D eigenvalue weighted by Gasteiger charge is -2.17. The van der Waals surface area contributed by atoms with Gasteiger partial charge in [-0.05, 0) is 38.8 Å². The number of carbonyl (C=O) groups excluding carboxylic acids is 1. The Balaban J connectivity index is 1.76. The highest BCUT2D eigenvalue weighted by Gasteiger charge is 2.45. The van der Waals surface area contributed by atoms with Gasteiger partial charge in [0.05, 0.1) is 12.1 Å². The number of benzene rings is 1. The molecule has 1 aliphatic rings. The van der Waals surface area contributed by atoms with E-state index in [2.05, 4.69) is 5.32 Å². The highest BCUT2D eigenvalue weighted by atomic mass is 16.5. The quantitative estimate of drug-likeness (QED) is 0.827. The van der Waals surface area contributed by atoms with Gasteiger partial charge < -0.3 is 15.8 Å². The summed E-state index contributed by atoms with van der Waals surface area (Å²) in [6.07, 6.45) is 1.50. The third-order valence-electron chi connectivity index (χ3n) is 3.15. The number of nitrogens with one attached hydrogen (secondary N) is 1. The van der Waals surface area contributed by atoms with E-state index < -0.39 is 5.54 Å². The average molecular weight is 248 g/mol. The van der Waals surface area contributed by atoms with E-state index in [-0.39, 0.29) is 12.0 Å². The molecule has 1 aromatic carbocycles. The molecule has 3 N–H and O–H groups in total. The summed E-state index contributed by atoms with van der Waals surface area (Å²) in [5, 5.41) is 2.83. The van der Waals surface area contributed by atoms with Crippen LogP contribution in [0, 0.1) is 6.92 Å². The fourth-order valence-electron chi connectivity index (χ4n) is 1.66. The Kier molecular flexibility index (Phi) is 3.57. The van der Waals surface area contributed by atoms with Crippen LogP contribution in [-0.2, 0) is 4.79 Å². The van der Waals surface area contributed by atoms with Crippen molar-refractivity contribution < 1.29 is 9.53 Å². The number of aryl methyl sites for hydroxylation is 1. The molecule has 98 valence electrons. The molecule has 2 rings (SSSR count). The first-order chi connectivity index (χ1) is 8.49. The molecule has 4 heteroatoms. The monoisotopic (exact) mass is 248 g/mol. The van der Waals surface area contributed by atoms with Crippen molar-refractivity contribution in [1.29, 1.82) is 0 Å². The van der Waals surface area contributed by atoms with Gasteiger partial charge in [0.1, 0.15) is 11.9 Å². The highest BCUT2D eigenvalue weighted by Crippen LogP contribution is 2.32. The molecule has 0 saturated heterocycles. The fourth-order valence-corrected chi connectivity index (χ4v) is 1.66. The third kappa shape index (κ3) is 3.23. The van der Waals surface area contributed by atoms with Crippen molar-refractivity contribution in [3.8, 4) is 5.75 Å². The van der Waals surface area contributed by atoms with Gasteiger partial charge in [0.15, 0.2) is 0 Å². The molecule has 0 bridgehead atoms. The molecular formula is C14H20N2O2. The zero-order chi connectivity index (χ0) is 13.2. The van der Waals surface area contributed by atoms with Crippen molar-refractivity contribution >= 4 is 5.91 Å². The minimum absolute atomic E-state index is 0.0677. The third-order valence-corrected chi connectivity index (χ3v) is 3.15. The Labute approximate surface area is 108 Å². The van der Waals surface area contributed by atoms with E-state index >= 15 is 0 Å². The number of ether oxygens (including phenoxy) is 1. The Hall–Kier alpha value is -1.55. The van der Waals surface area contributed by atoms with E-state index in [1.165, 1.54) is 5.56 Å². The summed E-state index contributed by atoms with van der Waals surface area (Å²) in [6, 6.07) is 7.86. The summed E-state index contributed by atoms with van der Waals surface area (Å²) in [5.74, 6) is 0.748. The Morgan fingerprint density at radius 3 is 2.61 bits per heavy atom. The molecule has 1 unspecified atom stereocenters. The van der Waals surface area contributed by atoms with Crippen molar-refractivity contribution in [1.82, 2.24) is 5.32 Å². The second kappa shape index (κ2) is 4.98. The topological polar surface area (TPSA) is 64.3 Å². The first-order valence-corrected chi connectivity index (χ1v) is 6.30. The van der Waals surface area contributed by atoms with Crippen molar-refractivity contribution in [2.45, 2.75) is 38.3 Å². The molecule has 1 aromatic rings. The number of amides is 1. The Bertz CT molecular complexity index is 424. The summed E-state index contributed by atoms with van der Waals surface area (Å²) >= 11 is 0. The summed E-state index contributed by atoms with van der Waals surface area (Å²) < 4.78 is 5.70. The van der Waals surface area contributed by atoms with Gasteiger partial charge in [-0.1, -0.05) is 17.7 Å². The van der Waals surface area contributed by atoms with Gasteiger partial charge in [-0.3, -0.25) is 4.79 Å². The maximum Gasteiger partial charge on any atom is 0.240 e. The molecule has 0 radical (unpaired) electrons. The Morgan fingerprint density at radius 2 is 2.06 bits per heavy atom. The molecule has 1 saturated carbocycles. The number of hydrogen-bond donors (Lipinski definition) is 2. The van der Waals surface area contributed by atoms with Crippen LogP contribution >= 0.6 is 0 Å². The summed E-state index contributed by atoms with van der Waals surface area (Å²) in [6.45, 7) is 4.44. The number of hydrogen-bond acceptors (Lipinski definition) is 3. The fraction of sp³-hybridized carbons (Fsp3) is 0.500. The van der Waals surface area contributed by atoms with Crippen LogP contribution in [0.25, 0.3) is 0 Å². The van der Waals surface area contributed by atoms with E-state index in [9.17, 15) is 4.79 Å². The maximum absolute atomic E-state index is 11.6. The lowest BCUT2D eigenvalue weighted by molar-refractivity contribution is -0.123. The van der Waals surface area contributed by atoms with Crippen molar-refractivity contribution in [2.75, 3.05) is 6.54 Å². The maximum atomic E-state index is 11.6. The van der Waals surface area contributed by atoms with Gasteiger partial charge in [0.2, 0.25) is 5.91 Å². The zero-order valence-corrected chi connectivity index (χ0v) is 10.9. The van der Waals surface area contributed by atoms with Gasteiger partial charge in [-0.25, -0.2) is 0 Å². The molecule has 0 spiro atoms. The molecule has 18 heavy (non-hydrogen) atoms. The number of nitrogens with two attached hydrogens (primary N) is 1. The van der Waals surface area contributed by atoms with E-state index in [0.717, 1.165) is 18.6 Å². The standard InChI is InChI=1S/C14H20N2O2/c1-10-3-5-12(6-4-10)18-11(2)9-16-13(17)14(15)7-8-14/h3-6,11H,7-9,15H2,1-2H3,(H,16,17). The lowest BCUT2D eigenvalue weighted by atomic mass is 10.2. The lowest BCUT2D eigenvalue weighted by Crippen LogP contribution is -2.45. The molecule has 0 heterocycles. The van der Waals surface area contributed by atoms with Gasteiger partial charge in [-0.15, -0.1) is 0 Å². The van der Waals surface area contributed by atoms with Crippen LogP contribution < -0.4 is 15.8 Å². The van der Waals surface area contributed by atoms with Crippen molar-refractivity contribution in [3.05, 3.63) is 29.8 Å². The molecule has 1 atom stereocenters. The van der Waals surface area contributed by atoms with E-state index in [1.54, 1.807) is 0 Å². The van der Waals surface area contributed by atoms with Gasteiger partial charge in [0.25, 0.3) is 0 Å². The largest absolute Gasteiger partial charge is 0.489 e. The minimum Gasteiger partial charge on any atom is -0.489 e. The second-order valence-electron chi connectivity index (χ2n) is 5.11. The number of rotatable bonds is 5. The van der Waals surface area contributed by atoms with E-state index in [0.29, 0.717) is 6.54 Å². The first kappa shape index (κ1) is 12.9. The van der Waals surface area contributed by atoms with Crippen LogP contribution in [0.1, 0.15) is 25.3 Å². The smallest absolute Gasteiger partial charge is 0.240 e. The Morgan fingerprint density at radius 1 is 1.44 bits per heavy atom. The number of carbonyl (C=O) groups is 1. The summed E-state index contributed by atoms with van der Waals surface area (Å²) in [4.78, 5) is 11.6. The predicted molar refractivity (Wildman–Crippen MR) is 70.4 cm³/mol. The van der Waals surface area contributed by atoms with Crippen LogP contribution in [-0.4, -0.2) is 24.1 Å². The van der Waals surface area contributed by atoms with Crippen LogP contribution in [0.15, 0.2) is 24.3 Å². The molecule has 1 aliphatic carbocycles. The van der Waals surface area contributed by atoms with Crippen LogP contribution in [0.3, 0.4) is 0 Å². The van der Waals surface area contributed by atoms with Crippen LogP contribution in [0.5, 0.6) is 5.75 Å². The predicted octanol–water partition coefficient (Wildman–Crippen LogP) is 1.37. The SMILES string of the molecule is Cc1ccc(OC(C)CNC(=O)C2(N)CC2)cc1. The normalized spacial score (nSPS) is 17.9. The summed E-state index contributed by atoms with van der Waals surface area (Å²) in [7, 11) is 0. The van der Waals surface area contributed by atoms with Crippen LogP contribution in [0.4, 0.5) is 0 Å². The average Bonchev–Trinajstić information content (AvgIpc) is 3.09. The first-order valence-electron chi connectivity index (χ1n) is 6.30. The van der Waals surface area contributed by atoms with Crippen LogP contribution in [0.2, 0.25) is 0 Å². The molecule has 0 aromatic heterocycles. The molecular weight excluding hydrogens is 228 g/mol. The molecule has 4 nitrogen and oxygen atoms in total. The van der Waals surface area contributed by atoms with Gasteiger partial charge >= 0.3 is 0 Å². The molecule has 0 aliphatic heterocycles. The highest BCUT2D eigenvalue weighted by molar-refractivity contribution is 5.88. The van der Waals surface area contributed by atoms with Crippen molar-refractivity contribution in [3.63, 3.8) is 0 Å². The van der Waals surface area contributed by atoms with Gasteiger partial charge in [-0.2, -0.15) is 0 Å². The molecule has 1 fully saturated rings. The minimum atomic E-state index is -0.608. The molecule has 1 amide bonds. The van der Waals surface area contributed by atoms with Crippen molar-refractivity contribution in [2.24, 2.45) is 5.73 Å². The zero-order valence-electron chi connectivity index (χ0n) is 10.9. The second-order valence-corrected chi connectivity index (χ2v) is 5.11. The van der Waals surface area contributed by atoms with Gasteiger partial charge in [0, 0.05) is 0 Å². The van der Waals surface area contributed by atoms with E-state index in [4.69, 9.17) is 10.5 Å². The van der Waals surface area contributed by atoms with E-state index in [1.807, 2.05) is 38.1 Å². The summed E-state index contributed by atoms with van der Waals surface area (Å²) in [5.41, 5.74) is 6.38.